The number of ether oxygens (including phenoxy) is 2. The fraction of sp³-hybridized carbons (Fsp3) is 0.310. The highest BCUT2D eigenvalue weighted by molar-refractivity contribution is 6.30. The summed E-state index contributed by atoms with van der Waals surface area (Å²) >= 11 is 5.91. The van der Waals surface area contributed by atoms with Crippen LogP contribution in [0.25, 0.3) is 11.0 Å². The molecule has 6 nitrogen and oxygen atoms in total. The van der Waals surface area contributed by atoms with Gasteiger partial charge in [-0.1, -0.05) is 49.7 Å². The molecule has 1 aromatic heterocycles. The first-order valence-corrected chi connectivity index (χ1v) is 12.6. The number of amides is 1. The molecule has 3 aromatic carbocycles. The van der Waals surface area contributed by atoms with Crippen LogP contribution in [0.5, 0.6) is 11.5 Å². The summed E-state index contributed by atoms with van der Waals surface area (Å²) in [5.74, 6) is 2.41. The molecule has 0 fully saturated rings. The number of aromatic nitrogens is 2. The summed E-state index contributed by atoms with van der Waals surface area (Å²) in [6.45, 7) is 9.32. The zero-order valence-corrected chi connectivity index (χ0v) is 21.9. The Bertz CT molecular complexity index is 1330. The number of hydrogen-bond acceptors (Lipinski definition) is 4. The van der Waals surface area contributed by atoms with Crippen LogP contribution in [0.3, 0.4) is 0 Å². The molecule has 0 saturated carbocycles. The molecule has 0 aliphatic rings. The van der Waals surface area contributed by atoms with Crippen molar-refractivity contribution in [2.75, 3.05) is 13.2 Å². The highest BCUT2D eigenvalue weighted by Gasteiger charge is 2.19. The molecule has 1 heterocycles. The predicted octanol–water partition coefficient (Wildman–Crippen LogP) is 6.46. The fourth-order valence-electron chi connectivity index (χ4n) is 4.18. The normalized spacial score (nSPS) is 12.1. The Morgan fingerprint density at radius 2 is 1.78 bits per heavy atom. The first kappa shape index (κ1) is 25.6. The van der Waals surface area contributed by atoms with E-state index in [4.69, 9.17) is 26.1 Å². The molecule has 4 rings (SSSR count). The van der Waals surface area contributed by atoms with Crippen LogP contribution >= 0.6 is 11.6 Å². The van der Waals surface area contributed by atoms with Crippen LogP contribution in [0.1, 0.15) is 49.7 Å². The lowest BCUT2D eigenvalue weighted by atomic mass is 10.0. The van der Waals surface area contributed by atoms with E-state index in [0.717, 1.165) is 22.6 Å². The van der Waals surface area contributed by atoms with E-state index in [1.807, 2.05) is 31.2 Å². The maximum atomic E-state index is 12.6. The summed E-state index contributed by atoms with van der Waals surface area (Å²) in [7, 11) is 0. The van der Waals surface area contributed by atoms with Crippen molar-refractivity contribution in [2.45, 2.75) is 46.2 Å². The zero-order valence-electron chi connectivity index (χ0n) is 21.1. The van der Waals surface area contributed by atoms with Gasteiger partial charge in [0.05, 0.1) is 23.6 Å². The zero-order chi connectivity index (χ0) is 25.7. The first-order chi connectivity index (χ1) is 17.3. The molecule has 0 aliphatic carbocycles. The van der Waals surface area contributed by atoms with E-state index in [9.17, 15) is 4.79 Å². The number of imidazole rings is 1. The van der Waals surface area contributed by atoms with Crippen LogP contribution in [0.4, 0.5) is 0 Å². The molecule has 0 bridgehead atoms. The number of nitrogens with zero attached hydrogens (tertiary/aromatic N) is 2. The van der Waals surface area contributed by atoms with E-state index in [-0.39, 0.29) is 18.6 Å². The van der Waals surface area contributed by atoms with Gasteiger partial charge in [-0.3, -0.25) is 4.79 Å². The fourth-order valence-corrected chi connectivity index (χ4v) is 4.30. The van der Waals surface area contributed by atoms with Gasteiger partial charge in [-0.25, -0.2) is 4.98 Å². The molecule has 0 aliphatic heterocycles. The van der Waals surface area contributed by atoms with E-state index >= 15 is 0 Å². The van der Waals surface area contributed by atoms with Crippen molar-refractivity contribution >= 4 is 28.5 Å². The molecule has 4 aromatic rings. The molecule has 1 unspecified atom stereocenters. The smallest absolute Gasteiger partial charge is 0.258 e. The number of halogens is 1. The quantitative estimate of drug-likeness (QED) is 0.269. The Kier molecular flexibility index (Phi) is 8.16. The Morgan fingerprint density at radius 3 is 2.53 bits per heavy atom. The van der Waals surface area contributed by atoms with Crippen LogP contribution in [0.2, 0.25) is 5.02 Å². The van der Waals surface area contributed by atoms with Crippen molar-refractivity contribution in [3.63, 3.8) is 0 Å². The minimum atomic E-state index is -0.316. The van der Waals surface area contributed by atoms with Gasteiger partial charge in [-0.2, -0.15) is 0 Å². The summed E-state index contributed by atoms with van der Waals surface area (Å²) in [6.07, 6.45) is 0. The number of aryl methyl sites for hydroxylation is 1. The summed E-state index contributed by atoms with van der Waals surface area (Å²) in [5.41, 5.74) is 4.24. The van der Waals surface area contributed by atoms with Crippen molar-refractivity contribution in [1.29, 1.82) is 0 Å². The number of carbonyl (C=O) groups is 1. The second-order valence-electron chi connectivity index (χ2n) is 9.19. The number of hydrogen-bond donors (Lipinski definition) is 1. The van der Waals surface area contributed by atoms with Crippen molar-refractivity contribution < 1.29 is 14.3 Å². The first-order valence-electron chi connectivity index (χ1n) is 12.2. The van der Waals surface area contributed by atoms with E-state index in [1.54, 1.807) is 24.3 Å². The van der Waals surface area contributed by atoms with Crippen LogP contribution < -0.4 is 14.8 Å². The van der Waals surface area contributed by atoms with Crippen LogP contribution in [0.15, 0.2) is 66.7 Å². The third-order valence-electron chi connectivity index (χ3n) is 6.00. The second-order valence-corrected chi connectivity index (χ2v) is 9.62. The number of nitrogens with one attached hydrogen (secondary N) is 1. The van der Waals surface area contributed by atoms with Gasteiger partial charge < -0.3 is 19.4 Å². The average Bonchev–Trinajstić information content (AvgIpc) is 3.22. The van der Waals surface area contributed by atoms with Gasteiger partial charge in [0.25, 0.3) is 5.91 Å². The van der Waals surface area contributed by atoms with Gasteiger partial charge in [0.2, 0.25) is 0 Å². The largest absolute Gasteiger partial charge is 0.491 e. The van der Waals surface area contributed by atoms with Gasteiger partial charge in [0.15, 0.2) is 6.61 Å². The van der Waals surface area contributed by atoms with Crippen LogP contribution in [-0.2, 0) is 11.3 Å². The molecule has 36 heavy (non-hydrogen) atoms. The maximum absolute atomic E-state index is 12.6. The molecule has 1 amide bonds. The highest BCUT2D eigenvalue weighted by Crippen LogP contribution is 2.28. The highest BCUT2D eigenvalue weighted by atomic mass is 35.5. The number of para-hydroxylation sites is 2. The van der Waals surface area contributed by atoms with Gasteiger partial charge in [0.1, 0.15) is 23.9 Å². The molecule has 1 atom stereocenters. The SMILES string of the molecule is Cc1ccc(C(C)C)c(OCCn2c(C(C)NC(=O)COc3ccc(Cl)cc3)nc3ccccc32)c1. The van der Waals surface area contributed by atoms with Crippen molar-refractivity contribution in [2.24, 2.45) is 0 Å². The number of fused-ring (bicyclic) bond motifs is 1. The molecule has 188 valence electrons. The van der Waals surface area contributed by atoms with Gasteiger partial charge in [-0.05, 0) is 73.4 Å². The molecular weight excluding hydrogens is 474 g/mol. The van der Waals surface area contributed by atoms with Gasteiger partial charge >= 0.3 is 0 Å². The van der Waals surface area contributed by atoms with Crippen molar-refractivity contribution in [3.05, 3.63) is 88.7 Å². The Labute approximate surface area is 217 Å². The second kappa shape index (κ2) is 11.5. The molecule has 0 saturated heterocycles. The lowest BCUT2D eigenvalue weighted by molar-refractivity contribution is -0.123. The minimum Gasteiger partial charge on any atom is -0.491 e. The van der Waals surface area contributed by atoms with E-state index in [2.05, 4.69) is 48.9 Å². The minimum absolute atomic E-state index is 0.0966. The third kappa shape index (κ3) is 6.18. The van der Waals surface area contributed by atoms with Gasteiger partial charge in [-0.15, -0.1) is 0 Å². The average molecular weight is 506 g/mol. The lowest BCUT2D eigenvalue weighted by Gasteiger charge is -2.18. The number of carbonyl (C=O) groups excluding carboxylic acids is 1. The topological polar surface area (TPSA) is 65.4 Å². The third-order valence-corrected chi connectivity index (χ3v) is 6.25. The monoisotopic (exact) mass is 505 g/mol. The Morgan fingerprint density at radius 1 is 1.03 bits per heavy atom. The summed E-state index contributed by atoms with van der Waals surface area (Å²) < 4.78 is 13.9. The summed E-state index contributed by atoms with van der Waals surface area (Å²) in [6, 6.07) is 20.9. The molecule has 7 heteroatoms. The van der Waals surface area contributed by atoms with Crippen LogP contribution in [0, 0.1) is 6.92 Å². The molecule has 0 spiro atoms. The number of rotatable bonds is 10. The van der Waals surface area contributed by atoms with E-state index in [1.165, 1.54) is 11.1 Å². The summed E-state index contributed by atoms with van der Waals surface area (Å²) in [4.78, 5) is 17.4. The van der Waals surface area contributed by atoms with Crippen LogP contribution in [-0.4, -0.2) is 28.7 Å². The maximum Gasteiger partial charge on any atom is 0.258 e. The predicted molar refractivity (Wildman–Crippen MR) is 144 cm³/mol. The Hall–Kier alpha value is -3.51. The van der Waals surface area contributed by atoms with Crippen molar-refractivity contribution in [3.8, 4) is 11.5 Å². The number of benzene rings is 3. The lowest BCUT2D eigenvalue weighted by Crippen LogP contribution is -2.33. The standard InChI is InChI=1S/C29H32ClN3O3/c1-19(2)24-14-9-20(3)17-27(24)35-16-15-33-26-8-6-5-7-25(26)32-29(33)21(4)31-28(34)18-36-23-12-10-22(30)11-13-23/h5-14,17,19,21H,15-16,18H2,1-4H3,(H,31,34). The van der Waals surface area contributed by atoms with Gasteiger partial charge in [0, 0.05) is 5.02 Å². The molecule has 1 N–H and O–H groups in total. The molecule has 0 radical (unpaired) electrons. The molecular formula is C29H32ClN3O3. The van der Waals surface area contributed by atoms with E-state index < -0.39 is 0 Å². The summed E-state index contributed by atoms with van der Waals surface area (Å²) in [5, 5.41) is 3.62. The van der Waals surface area contributed by atoms with E-state index in [0.29, 0.717) is 29.8 Å². The Balaban J connectivity index is 1.46. The van der Waals surface area contributed by atoms with Crippen molar-refractivity contribution in [1.82, 2.24) is 14.9 Å².